The molecule has 0 aromatic carbocycles. The second kappa shape index (κ2) is 4.07. The fourth-order valence-electron chi connectivity index (χ4n) is 0.769. The monoisotopic (exact) mass is 136 g/mol. The summed E-state index contributed by atoms with van der Waals surface area (Å²) in [6.07, 6.45) is 10.2. The van der Waals surface area contributed by atoms with Crippen LogP contribution in [-0.2, 0) is 4.74 Å². The molecule has 0 aliphatic carbocycles. The molecule has 1 rings (SSSR count). The lowest BCUT2D eigenvalue weighted by Crippen LogP contribution is -1.88. The van der Waals surface area contributed by atoms with Crippen molar-refractivity contribution in [3.8, 4) is 0 Å². The van der Waals surface area contributed by atoms with Gasteiger partial charge in [-0.3, -0.25) is 0 Å². The Morgan fingerprint density at radius 2 is 2.10 bits per heavy atom. The maximum atomic E-state index is 5.20. The lowest BCUT2D eigenvalue weighted by molar-refractivity contribution is 0.194. The van der Waals surface area contributed by atoms with Gasteiger partial charge in [0.25, 0.3) is 0 Å². The SMILES string of the molecule is CC1=C/C=C/COC\C=C\1. The van der Waals surface area contributed by atoms with Crippen LogP contribution in [0.2, 0.25) is 0 Å². The molecular formula is C9H12O. The van der Waals surface area contributed by atoms with Gasteiger partial charge in [0.05, 0.1) is 13.2 Å². The highest BCUT2D eigenvalue weighted by Crippen LogP contribution is 1.97. The van der Waals surface area contributed by atoms with Gasteiger partial charge < -0.3 is 4.74 Å². The summed E-state index contributed by atoms with van der Waals surface area (Å²) < 4.78 is 5.20. The van der Waals surface area contributed by atoms with E-state index in [0.717, 1.165) is 6.61 Å². The Kier molecular flexibility index (Phi) is 2.97. The Morgan fingerprint density at radius 1 is 1.30 bits per heavy atom. The second-order valence-corrected chi connectivity index (χ2v) is 2.28. The molecule has 0 saturated carbocycles. The molecule has 54 valence electrons. The van der Waals surface area contributed by atoms with Gasteiger partial charge >= 0.3 is 0 Å². The summed E-state index contributed by atoms with van der Waals surface area (Å²) >= 11 is 0. The van der Waals surface area contributed by atoms with Crippen molar-refractivity contribution in [3.05, 3.63) is 36.0 Å². The van der Waals surface area contributed by atoms with E-state index in [0.29, 0.717) is 6.61 Å². The fraction of sp³-hybridized carbons (Fsp3) is 0.333. The van der Waals surface area contributed by atoms with Crippen molar-refractivity contribution in [2.24, 2.45) is 0 Å². The molecule has 1 aliphatic heterocycles. The quantitative estimate of drug-likeness (QED) is 0.495. The maximum absolute atomic E-state index is 5.20. The van der Waals surface area contributed by atoms with Crippen molar-refractivity contribution in [3.63, 3.8) is 0 Å². The zero-order valence-electron chi connectivity index (χ0n) is 6.21. The van der Waals surface area contributed by atoms with Crippen LogP contribution in [0.3, 0.4) is 0 Å². The number of hydrogen-bond acceptors (Lipinski definition) is 1. The minimum atomic E-state index is 0.716. The Labute approximate surface area is 61.7 Å². The van der Waals surface area contributed by atoms with E-state index in [4.69, 9.17) is 4.74 Å². The van der Waals surface area contributed by atoms with Crippen LogP contribution in [0.15, 0.2) is 36.0 Å². The van der Waals surface area contributed by atoms with Crippen molar-refractivity contribution < 1.29 is 4.74 Å². The fourth-order valence-corrected chi connectivity index (χ4v) is 0.769. The summed E-state index contributed by atoms with van der Waals surface area (Å²) in [4.78, 5) is 0. The molecule has 1 nitrogen and oxygen atoms in total. The van der Waals surface area contributed by atoms with Crippen molar-refractivity contribution in [2.75, 3.05) is 13.2 Å². The average Bonchev–Trinajstić information content (AvgIpc) is 2.02. The molecule has 10 heavy (non-hydrogen) atoms. The summed E-state index contributed by atoms with van der Waals surface area (Å²) in [5.41, 5.74) is 1.27. The lowest BCUT2D eigenvalue weighted by Gasteiger charge is -1.91. The third kappa shape index (κ3) is 2.65. The molecule has 0 aromatic rings. The normalized spacial score (nSPS) is 30.7. The molecule has 0 amide bonds. The standard InChI is InChI=1S/C9H12O/c1-9-5-2-3-7-10-8-4-6-9/h2-6H,7-8H2,1H3/b3-2+,6-4+,9-5-. The van der Waals surface area contributed by atoms with E-state index < -0.39 is 0 Å². The second-order valence-electron chi connectivity index (χ2n) is 2.28. The third-order valence-corrected chi connectivity index (χ3v) is 1.30. The van der Waals surface area contributed by atoms with Gasteiger partial charge in [-0.15, -0.1) is 0 Å². The van der Waals surface area contributed by atoms with Crippen molar-refractivity contribution in [1.29, 1.82) is 0 Å². The van der Waals surface area contributed by atoms with Gasteiger partial charge in [-0.1, -0.05) is 36.0 Å². The predicted octanol–water partition coefficient (Wildman–Crippen LogP) is 2.08. The van der Waals surface area contributed by atoms with Gasteiger partial charge in [0, 0.05) is 0 Å². The van der Waals surface area contributed by atoms with E-state index in [-0.39, 0.29) is 0 Å². The first kappa shape index (κ1) is 7.29. The molecule has 0 aromatic heterocycles. The minimum Gasteiger partial charge on any atom is -0.373 e. The van der Waals surface area contributed by atoms with E-state index >= 15 is 0 Å². The lowest BCUT2D eigenvalue weighted by atomic mass is 10.2. The van der Waals surface area contributed by atoms with E-state index in [1.807, 2.05) is 18.2 Å². The number of allylic oxidation sites excluding steroid dienone is 4. The number of ether oxygens (including phenoxy) is 1. The minimum absolute atomic E-state index is 0.716. The Bertz CT molecular complexity index is 175. The number of rotatable bonds is 0. The molecule has 0 N–H and O–H groups in total. The molecule has 0 fully saturated rings. The van der Waals surface area contributed by atoms with E-state index in [1.54, 1.807) is 0 Å². The Hall–Kier alpha value is -0.820. The first-order valence-electron chi connectivity index (χ1n) is 3.47. The largest absolute Gasteiger partial charge is 0.373 e. The first-order valence-corrected chi connectivity index (χ1v) is 3.47. The summed E-state index contributed by atoms with van der Waals surface area (Å²) in [7, 11) is 0. The van der Waals surface area contributed by atoms with Crippen molar-refractivity contribution in [1.82, 2.24) is 0 Å². The number of hydrogen-bond donors (Lipinski definition) is 0. The third-order valence-electron chi connectivity index (χ3n) is 1.30. The molecule has 0 saturated heterocycles. The molecule has 1 aliphatic rings. The molecule has 1 heterocycles. The Balaban J connectivity index is 2.60. The van der Waals surface area contributed by atoms with Crippen LogP contribution in [0.1, 0.15) is 6.92 Å². The van der Waals surface area contributed by atoms with Gasteiger partial charge in [-0.05, 0) is 6.92 Å². The van der Waals surface area contributed by atoms with Gasteiger partial charge in [-0.2, -0.15) is 0 Å². The van der Waals surface area contributed by atoms with Crippen molar-refractivity contribution >= 4 is 0 Å². The molecule has 0 bridgehead atoms. The van der Waals surface area contributed by atoms with Crippen LogP contribution >= 0.6 is 0 Å². The van der Waals surface area contributed by atoms with Gasteiger partial charge in [0.1, 0.15) is 0 Å². The van der Waals surface area contributed by atoms with E-state index in [2.05, 4.69) is 19.1 Å². The average molecular weight is 136 g/mol. The zero-order chi connectivity index (χ0) is 7.23. The Morgan fingerprint density at radius 3 is 3.00 bits per heavy atom. The molecule has 0 radical (unpaired) electrons. The van der Waals surface area contributed by atoms with Crippen LogP contribution in [-0.4, -0.2) is 13.2 Å². The summed E-state index contributed by atoms with van der Waals surface area (Å²) in [5.74, 6) is 0. The predicted molar refractivity (Wildman–Crippen MR) is 42.9 cm³/mol. The molecule has 0 spiro atoms. The zero-order valence-corrected chi connectivity index (χ0v) is 6.21. The smallest absolute Gasteiger partial charge is 0.0654 e. The summed E-state index contributed by atoms with van der Waals surface area (Å²) in [5, 5.41) is 0. The highest BCUT2D eigenvalue weighted by atomic mass is 16.5. The van der Waals surface area contributed by atoms with E-state index in [9.17, 15) is 0 Å². The maximum Gasteiger partial charge on any atom is 0.0654 e. The molecule has 1 heteroatoms. The van der Waals surface area contributed by atoms with Crippen LogP contribution in [0.25, 0.3) is 0 Å². The molecular weight excluding hydrogens is 124 g/mol. The first-order chi connectivity index (χ1) is 4.89. The van der Waals surface area contributed by atoms with Crippen LogP contribution in [0.5, 0.6) is 0 Å². The van der Waals surface area contributed by atoms with Crippen LogP contribution < -0.4 is 0 Å². The highest BCUT2D eigenvalue weighted by Gasteiger charge is 1.83. The van der Waals surface area contributed by atoms with Crippen molar-refractivity contribution in [2.45, 2.75) is 6.92 Å². The van der Waals surface area contributed by atoms with Crippen LogP contribution in [0.4, 0.5) is 0 Å². The summed E-state index contributed by atoms with van der Waals surface area (Å²) in [6, 6.07) is 0. The van der Waals surface area contributed by atoms with Gasteiger partial charge in [0.2, 0.25) is 0 Å². The van der Waals surface area contributed by atoms with Gasteiger partial charge in [0.15, 0.2) is 0 Å². The molecule has 0 unspecified atom stereocenters. The van der Waals surface area contributed by atoms with Gasteiger partial charge in [-0.25, -0.2) is 0 Å². The van der Waals surface area contributed by atoms with E-state index in [1.165, 1.54) is 5.57 Å². The highest BCUT2D eigenvalue weighted by molar-refractivity contribution is 5.22. The molecule has 0 atom stereocenters. The van der Waals surface area contributed by atoms with Crippen LogP contribution in [0, 0.1) is 0 Å². The summed E-state index contributed by atoms with van der Waals surface area (Å²) in [6.45, 7) is 3.51. The topological polar surface area (TPSA) is 9.23 Å².